The van der Waals surface area contributed by atoms with Crippen molar-refractivity contribution in [2.24, 2.45) is 0 Å². The lowest BCUT2D eigenvalue weighted by Crippen LogP contribution is -2.25. The summed E-state index contributed by atoms with van der Waals surface area (Å²) in [4.78, 5) is 13.3. The molecule has 20 heavy (non-hydrogen) atoms. The molecule has 0 N–H and O–H groups in total. The van der Waals surface area contributed by atoms with Crippen molar-refractivity contribution in [3.63, 3.8) is 0 Å². The predicted octanol–water partition coefficient (Wildman–Crippen LogP) is 4.89. The van der Waals surface area contributed by atoms with E-state index in [2.05, 4.69) is 47.6 Å². The summed E-state index contributed by atoms with van der Waals surface area (Å²) in [6.07, 6.45) is 0. The highest BCUT2D eigenvalue weighted by Gasteiger charge is 2.32. The van der Waals surface area contributed by atoms with Crippen LogP contribution in [-0.4, -0.2) is 11.4 Å². The van der Waals surface area contributed by atoms with Crippen LogP contribution in [0.25, 0.3) is 0 Å². The van der Waals surface area contributed by atoms with Crippen molar-refractivity contribution in [3.05, 3.63) is 28.8 Å². The Morgan fingerprint density at radius 3 is 2.15 bits per heavy atom. The van der Waals surface area contributed by atoms with E-state index in [0.717, 1.165) is 10.5 Å². The fraction of sp³-hybridized carbons (Fsp3) is 0.588. The fourth-order valence-corrected chi connectivity index (χ4v) is 3.53. The van der Waals surface area contributed by atoms with Crippen LogP contribution in [0.3, 0.4) is 0 Å². The Labute approximate surface area is 126 Å². The summed E-state index contributed by atoms with van der Waals surface area (Å²) in [5.41, 5.74) is 3.07. The van der Waals surface area contributed by atoms with Crippen molar-refractivity contribution in [3.8, 4) is 0 Å². The van der Waals surface area contributed by atoms with E-state index in [9.17, 15) is 4.79 Å². The van der Waals surface area contributed by atoms with Gasteiger partial charge in [0.2, 0.25) is 0 Å². The molecule has 0 amide bonds. The fourth-order valence-electron chi connectivity index (χ4n) is 2.30. The summed E-state index contributed by atoms with van der Waals surface area (Å²) in [7, 11) is 0. The summed E-state index contributed by atoms with van der Waals surface area (Å²) < 4.78 is 5.37. The minimum atomic E-state index is -0.192. The Kier molecular flexibility index (Phi) is 3.70. The van der Waals surface area contributed by atoms with Crippen LogP contribution in [0.5, 0.6) is 0 Å². The molecule has 0 fully saturated rings. The minimum Gasteiger partial charge on any atom is -0.448 e. The lowest BCUT2D eigenvalue weighted by atomic mass is 9.79. The van der Waals surface area contributed by atoms with Crippen LogP contribution in [0.2, 0.25) is 0 Å². The van der Waals surface area contributed by atoms with Crippen molar-refractivity contribution in [2.45, 2.75) is 69.6 Å². The van der Waals surface area contributed by atoms with Crippen molar-refractivity contribution in [1.29, 1.82) is 0 Å². The van der Waals surface area contributed by atoms with E-state index in [1.54, 1.807) is 11.8 Å². The van der Waals surface area contributed by atoms with Gasteiger partial charge in [-0.2, -0.15) is 0 Å². The van der Waals surface area contributed by atoms with Gasteiger partial charge in [-0.25, -0.2) is 4.79 Å². The number of hydrogen-bond acceptors (Lipinski definition) is 3. The van der Waals surface area contributed by atoms with Gasteiger partial charge in [0.25, 0.3) is 0 Å². The second-order valence-electron chi connectivity index (χ2n) is 7.49. The molecule has 0 aromatic heterocycles. The summed E-state index contributed by atoms with van der Waals surface area (Å²) >= 11 is 1.65. The molecule has 3 heteroatoms. The highest BCUT2D eigenvalue weighted by Crippen LogP contribution is 2.43. The molecule has 0 radical (unpaired) electrons. The number of benzene rings is 1. The van der Waals surface area contributed by atoms with E-state index in [1.165, 1.54) is 11.1 Å². The minimum absolute atomic E-state index is 0.00961. The number of carbonyl (C=O) groups excluding carboxylic acids is 1. The van der Waals surface area contributed by atoms with Crippen LogP contribution < -0.4 is 0 Å². The number of ether oxygens (including phenoxy) is 1. The molecule has 0 saturated heterocycles. The van der Waals surface area contributed by atoms with Gasteiger partial charge in [-0.05, 0) is 34.9 Å². The normalized spacial score (nSPS) is 19.6. The third-order valence-corrected chi connectivity index (χ3v) is 4.64. The topological polar surface area (TPSA) is 26.3 Å². The zero-order valence-corrected chi connectivity index (χ0v) is 14.3. The zero-order chi connectivity index (χ0) is 15.3. The Morgan fingerprint density at radius 1 is 1.05 bits per heavy atom. The van der Waals surface area contributed by atoms with E-state index < -0.39 is 0 Å². The number of rotatable bonds is 0. The Morgan fingerprint density at radius 2 is 1.65 bits per heavy atom. The first-order chi connectivity index (χ1) is 9.00. The molecular weight excluding hydrogens is 268 g/mol. The van der Waals surface area contributed by atoms with Crippen LogP contribution in [-0.2, 0) is 15.6 Å². The third kappa shape index (κ3) is 2.88. The zero-order valence-electron chi connectivity index (χ0n) is 13.5. The first-order valence-electron chi connectivity index (χ1n) is 7.07. The first kappa shape index (κ1) is 15.4. The maximum atomic E-state index is 12.2. The molecule has 1 unspecified atom stereocenters. The average Bonchev–Trinajstić information content (AvgIpc) is 2.24. The molecule has 2 rings (SSSR count). The van der Waals surface area contributed by atoms with Crippen molar-refractivity contribution >= 4 is 17.7 Å². The van der Waals surface area contributed by atoms with E-state index >= 15 is 0 Å². The van der Waals surface area contributed by atoms with Gasteiger partial charge in [0.1, 0.15) is 5.44 Å². The highest BCUT2D eigenvalue weighted by molar-refractivity contribution is 8.00. The third-order valence-electron chi connectivity index (χ3n) is 3.54. The molecule has 0 saturated carbocycles. The molecule has 1 atom stereocenters. The standard InChI is InChI=1S/C17H24O2S/c1-10-19-15(18)12-8-11(16(2,3)4)9-13(14(12)20-10)17(5,6)7/h8-10H,1-7H3. The molecule has 0 bridgehead atoms. The molecule has 0 aliphatic carbocycles. The van der Waals surface area contributed by atoms with Gasteiger partial charge in [0, 0.05) is 4.90 Å². The second-order valence-corrected chi connectivity index (χ2v) is 8.80. The predicted molar refractivity (Wildman–Crippen MR) is 84.6 cm³/mol. The van der Waals surface area contributed by atoms with E-state index in [0.29, 0.717) is 0 Å². The molecule has 1 heterocycles. The van der Waals surface area contributed by atoms with Crippen LogP contribution in [0, 0.1) is 0 Å². The molecular formula is C17H24O2S. The number of carbonyl (C=O) groups is 1. The maximum absolute atomic E-state index is 12.2. The number of fused-ring (bicyclic) bond motifs is 1. The Hall–Kier alpha value is -0.960. The van der Waals surface area contributed by atoms with Gasteiger partial charge in [-0.1, -0.05) is 59.4 Å². The van der Waals surface area contributed by atoms with Gasteiger partial charge in [0.05, 0.1) is 5.56 Å². The van der Waals surface area contributed by atoms with E-state index in [4.69, 9.17) is 4.74 Å². The molecule has 1 aliphatic rings. The van der Waals surface area contributed by atoms with Crippen LogP contribution in [0.15, 0.2) is 17.0 Å². The quantitative estimate of drug-likeness (QED) is 0.637. The number of cyclic esters (lactones) is 1. The summed E-state index contributed by atoms with van der Waals surface area (Å²) in [5, 5.41) is 0. The summed E-state index contributed by atoms with van der Waals surface area (Å²) in [5.74, 6) is -0.192. The van der Waals surface area contributed by atoms with Gasteiger partial charge in [0.15, 0.2) is 0 Å². The molecule has 1 aromatic rings. The smallest absolute Gasteiger partial charge is 0.340 e. The van der Waals surface area contributed by atoms with Crippen molar-refractivity contribution in [2.75, 3.05) is 0 Å². The van der Waals surface area contributed by atoms with Gasteiger partial charge >= 0.3 is 5.97 Å². The van der Waals surface area contributed by atoms with Crippen molar-refractivity contribution in [1.82, 2.24) is 0 Å². The van der Waals surface area contributed by atoms with Gasteiger partial charge < -0.3 is 4.74 Å². The number of esters is 1. The summed E-state index contributed by atoms with van der Waals surface area (Å²) in [6, 6.07) is 4.27. The van der Waals surface area contributed by atoms with Crippen molar-refractivity contribution < 1.29 is 9.53 Å². The maximum Gasteiger partial charge on any atom is 0.340 e. The molecule has 1 aromatic carbocycles. The van der Waals surface area contributed by atoms with E-state index in [-0.39, 0.29) is 22.2 Å². The molecule has 110 valence electrons. The van der Waals surface area contributed by atoms with Gasteiger partial charge in [-0.3, -0.25) is 0 Å². The largest absolute Gasteiger partial charge is 0.448 e. The van der Waals surface area contributed by atoms with Gasteiger partial charge in [-0.15, -0.1) is 0 Å². The highest BCUT2D eigenvalue weighted by atomic mass is 32.2. The molecule has 1 aliphatic heterocycles. The van der Waals surface area contributed by atoms with Crippen LogP contribution >= 0.6 is 11.8 Å². The molecule has 2 nitrogen and oxygen atoms in total. The second kappa shape index (κ2) is 4.80. The molecule has 0 spiro atoms. The number of hydrogen-bond donors (Lipinski definition) is 0. The summed E-state index contributed by atoms with van der Waals surface area (Å²) in [6.45, 7) is 15.0. The Balaban J connectivity index is 2.72. The monoisotopic (exact) mass is 292 g/mol. The Bertz CT molecular complexity index is 547. The number of thioether (sulfide) groups is 1. The van der Waals surface area contributed by atoms with Crippen LogP contribution in [0.4, 0.5) is 0 Å². The average molecular weight is 292 g/mol. The van der Waals surface area contributed by atoms with E-state index in [1.807, 2.05) is 13.0 Å². The lowest BCUT2D eigenvalue weighted by molar-refractivity contribution is 0.0464. The van der Waals surface area contributed by atoms with Crippen LogP contribution in [0.1, 0.15) is 70.0 Å². The first-order valence-corrected chi connectivity index (χ1v) is 7.95. The lowest BCUT2D eigenvalue weighted by Gasteiger charge is -2.32. The SMILES string of the molecule is CC1OC(=O)c2cc(C(C)(C)C)cc(C(C)(C)C)c2S1.